The van der Waals surface area contributed by atoms with Crippen molar-refractivity contribution in [3.63, 3.8) is 0 Å². The smallest absolute Gasteiger partial charge is 0.0951 e. The summed E-state index contributed by atoms with van der Waals surface area (Å²) in [5.41, 5.74) is 3.65. The van der Waals surface area contributed by atoms with Crippen LogP contribution in [0.3, 0.4) is 0 Å². The fourth-order valence-electron chi connectivity index (χ4n) is 2.21. The third-order valence-electron chi connectivity index (χ3n) is 3.74. The predicted octanol–water partition coefficient (Wildman–Crippen LogP) is 4.74. The van der Waals surface area contributed by atoms with Gasteiger partial charge in [0.25, 0.3) is 0 Å². The Morgan fingerprint density at radius 1 is 1.18 bits per heavy atom. The number of nitrogens with zero attached hydrogens (tertiary/aromatic N) is 2. The molecule has 0 bridgehead atoms. The topological polar surface area (TPSA) is 29.9 Å². The monoisotopic (exact) mass is 363 g/mol. The second-order valence-electron chi connectivity index (χ2n) is 5.19. The molecule has 1 aromatic carbocycles. The summed E-state index contributed by atoms with van der Waals surface area (Å²) in [4.78, 5) is 4.32. The fourth-order valence-corrected chi connectivity index (χ4v) is 2.33. The van der Waals surface area contributed by atoms with Gasteiger partial charge in [0.05, 0.1) is 12.0 Å². The molecule has 1 unspecified atom stereocenters. The summed E-state index contributed by atoms with van der Waals surface area (Å²) in [6.45, 7) is 8.34. The van der Waals surface area contributed by atoms with Crippen molar-refractivity contribution in [2.45, 2.75) is 39.8 Å². The van der Waals surface area contributed by atoms with E-state index < -0.39 is 0 Å². The Bertz CT molecular complexity index is 552. The third-order valence-corrected chi connectivity index (χ3v) is 3.99. The van der Waals surface area contributed by atoms with E-state index in [1.165, 1.54) is 11.3 Å². The van der Waals surface area contributed by atoms with E-state index >= 15 is 0 Å². The van der Waals surface area contributed by atoms with Crippen LogP contribution in [-0.2, 0) is 6.54 Å². The lowest BCUT2D eigenvalue weighted by atomic mass is 10.1. The molecular formula is C16H24Cl3N3. The maximum absolute atomic E-state index is 5.90. The van der Waals surface area contributed by atoms with Crippen molar-refractivity contribution < 1.29 is 0 Å². The summed E-state index contributed by atoms with van der Waals surface area (Å²) in [7, 11) is 0. The SMILES string of the molecule is Cc1ncn(CCCNC(C)c2ccc(Cl)cc2)c1C.Cl.Cl. The molecule has 0 aliphatic heterocycles. The first-order valence-corrected chi connectivity index (χ1v) is 7.43. The predicted molar refractivity (Wildman–Crippen MR) is 98.7 cm³/mol. The molecule has 3 nitrogen and oxygen atoms in total. The van der Waals surface area contributed by atoms with Gasteiger partial charge in [0.15, 0.2) is 0 Å². The van der Waals surface area contributed by atoms with Crippen molar-refractivity contribution in [3.8, 4) is 0 Å². The first-order chi connectivity index (χ1) is 9.58. The lowest BCUT2D eigenvalue weighted by molar-refractivity contribution is 0.523. The van der Waals surface area contributed by atoms with Gasteiger partial charge in [0.1, 0.15) is 0 Å². The minimum Gasteiger partial charge on any atom is -0.335 e. The average Bonchev–Trinajstić information content (AvgIpc) is 2.76. The lowest BCUT2D eigenvalue weighted by Gasteiger charge is -2.14. The highest BCUT2D eigenvalue weighted by atomic mass is 35.5. The molecule has 2 aromatic rings. The number of nitrogens with one attached hydrogen (secondary N) is 1. The van der Waals surface area contributed by atoms with E-state index in [-0.39, 0.29) is 24.8 Å². The number of imidazole rings is 1. The van der Waals surface area contributed by atoms with Gasteiger partial charge in [-0.1, -0.05) is 23.7 Å². The van der Waals surface area contributed by atoms with Gasteiger partial charge in [-0.25, -0.2) is 4.98 Å². The van der Waals surface area contributed by atoms with E-state index in [1.54, 1.807) is 0 Å². The standard InChI is InChI=1S/C16H22ClN3.2ClH/c1-12-14(3)20(11-19-12)10-4-9-18-13(2)15-5-7-16(17)8-6-15;;/h5-8,11,13,18H,4,9-10H2,1-3H3;2*1H. The molecule has 22 heavy (non-hydrogen) atoms. The molecule has 0 saturated heterocycles. The van der Waals surface area contributed by atoms with Crippen LogP contribution < -0.4 is 5.32 Å². The van der Waals surface area contributed by atoms with Crippen molar-refractivity contribution in [1.29, 1.82) is 0 Å². The number of benzene rings is 1. The molecule has 2 rings (SSSR count). The van der Waals surface area contributed by atoms with Gasteiger partial charge in [0.2, 0.25) is 0 Å². The summed E-state index contributed by atoms with van der Waals surface area (Å²) in [5.74, 6) is 0. The average molecular weight is 365 g/mol. The fraction of sp³-hybridized carbons (Fsp3) is 0.438. The molecule has 1 atom stereocenters. The van der Waals surface area contributed by atoms with Gasteiger partial charge in [-0.15, -0.1) is 24.8 Å². The molecule has 0 spiro atoms. The van der Waals surface area contributed by atoms with Gasteiger partial charge < -0.3 is 9.88 Å². The van der Waals surface area contributed by atoms with Crippen molar-refractivity contribution in [1.82, 2.24) is 14.9 Å². The number of hydrogen-bond donors (Lipinski definition) is 1. The Morgan fingerprint density at radius 2 is 1.82 bits per heavy atom. The van der Waals surface area contributed by atoms with Crippen molar-refractivity contribution in [2.24, 2.45) is 0 Å². The van der Waals surface area contributed by atoms with E-state index in [9.17, 15) is 0 Å². The molecule has 1 aromatic heterocycles. The minimum atomic E-state index is 0. The highest BCUT2D eigenvalue weighted by Crippen LogP contribution is 2.15. The Labute approximate surface area is 150 Å². The first-order valence-electron chi connectivity index (χ1n) is 7.05. The van der Waals surface area contributed by atoms with Crippen LogP contribution in [0.5, 0.6) is 0 Å². The summed E-state index contributed by atoms with van der Waals surface area (Å²) in [6, 6.07) is 8.37. The molecule has 0 amide bonds. The van der Waals surface area contributed by atoms with Gasteiger partial charge >= 0.3 is 0 Å². The van der Waals surface area contributed by atoms with Gasteiger partial charge in [-0.05, 0) is 51.4 Å². The maximum atomic E-state index is 5.90. The molecule has 6 heteroatoms. The molecule has 0 aliphatic rings. The number of aromatic nitrogens is 2. The summed E-state index contributed by atoms with van der Waals surface area (Å²) in [5, 5.41) is 4.32. The minimum absolute atomic E-state index is 0. The molecule has 124 valence electrons. The summed E-state index contributed by atoms with van der Waals surface area (Å²) in [6.07, 6.45) is 3.02. The molecule has 0 fully saturated rings. The molecule has 1 heterocycles. The molecular weight excluding hydrogens is 341 g/mol. The normalized spacial score (nSPS) is 11.5. The van der Waals surface area contributed by atoms with E-state index in [4.69, 9.17) is 11.6 Å². The van der Waals surface area contributed by atoms with E-state index in [2.05, 4.69) is 40.8 Å². The Kier molecular flexibility index (Phi) is 9.77. The Hall–Kier alpha value is -0.740. The molecule has 1 N–H and O–H groups in total. The van der Waals surface area contributed by atoms with Gasteiger partial charge in [0, 0.05) is 23.3 Å². The highest BCUT2D eigenvalue weighted by molar-refractivity contribution is 6.30. The quantitative estimate of drug-likeness (QED) is 0.750. The van der Waals surface area contributed by atoms with Crippen LogP contribution in [0, 0.1) is 13.8 Å². The second-order valence-corrected chi connectivity index (χ2v) is 5.63. The summed E-state index contributed by atoms with van der Waals surface area (Å²) >= 11 is 5.90. The van der Waals surface area contributed by atoms with Crippen LogP contribution in [0.1, 0.15) is 36.3 Å². The summed E-state index contributed by atoms with van der Waals surface area (Å²) < 4.78 is 2.21. The van der Waals surface area contributed by atoms with Crippen molar-refractivity contribution in [2.75, 3.05) is 6.54 Å². The number of hydrogen-bond acceptors (Lipinski definition) is 2. The van der Waals surface area contributed by atoms with Gasteiger partial charge in [-0.3, -0.25) is 0 Å². The van der Waals surface area contributed by atoms with Crippen molar-refractivity contribution in [3.05, 3.63) is 52.6 Å². The van der Waals surface area contributed by atoms with Crippen LogP contribution in [-0.4, -0.2) is 16.1 Å². The van der Waals surface area contributed by atoms with Crippen LogP contribution in [0.2, 0.25) is 5.02 Å². The molecule has 0 saturated carbocycles. The van der Waals surface area contributed by atoms with E-state index in [0.29, 0.717) is 6.04 Å². The van der Waals surface area contributed by atoms with Crippen LogP contribution >= 0.6 is 36.4 Å². The second kappa shape index (κ2) is 10.1. The molecule has 0 aliphatic carbocycles. The zero-order chi connectivity index (χ0) is 14.5. The molecule has 0 radical (unpaired) electrons. The van der Waals surface area contributed by atoms with Crippen LogP contribution in [0.25, 0.3) is 0 Å². The van der Waals surface area contributed by atoms with Crippen molar-refractivity contribution >= 4 is 36.4 Å². The zero-order valence-corrected chi connectivity index (χ0v) is 15.6. The number of rotatable bonds is 6. The number of aryl methyl sites for hydroxylation is 2. The van der Waals surface area contributed by atoms with E-state index in [0.717, 1.165) is 30.2 Å². The van der Waals surface area contributed by atoms with E-state index in [1.807, 2.05) is 25.4 Å². The number of halogens is 3. The Balaban J connectivity index is 0.00000220. The van der Waals surface area contributed by atoms with Gasteiger partial charge in [-0.2, -0.15) is 0 Å². The highest BCUT2D eigenvalue weighted by Gasteiger charge is 2.05. The largest absolute Gasteiger partial charge is 0.335 e. The van der Waals surface area contributed by atoms with Crippen LogP contribution in [0.15, 0.2) is 30.6 Å². The lowest BCUT2D eigenvalue weighted by Crippen LogP contribution is -2.21. The maximum Gasteiger partial charge on any atom is 0.0951 e. The third kappa shape index (κ3) is 5.81. The first kappa shape index (κ1) is 21.3. The zero-order valence-electron chi connectivity index (χ0n) is 13.2. The van der Waals surface area contributed by atoms with Crippen LogP contribution in [0.4, 0.5) is 0 Å². The Morgan fingerprint density at radius 3 is 2.36 bits per heavy atom.